The van der Waals surface area contributed by atoms with Crippen molar-refractivity contribution in [1.29, 1.82) is 0 Å². The van der Waals surface area contributed by atoms with E-state index in [-0.39, 0.29) is 20.9 Å². The van der Waals surface area contributed by atoms with Gasteiger partial charge in [0.05, 0.1) is 18.8 Å². The SMILES string of the molecule is CCN(C)COC(C)(C)CC(=O)N(CC(C)(C)S)C(C)(C)CC(C)(C)S. The van der Waals surface area contributed by atoms with E-state index in [9.17, 15) is 4.79 Å². The molecule has 0 N–H and O–H groups in total. The predicted molar refractivity (Wildman–Crippen MR) is 119 cm³/mol. The van der Waals surface area contributed by atoms with E-state index in [4.69, 9.17) is 4.74 Å². The van der Waals surface area contributed by atoms with Crippen LogP contribution in [-0.2, 0) is 9.53 Å². The summed E-state index contributed by atoms with van der Waals surface area (Å²) in [5.41, 5.74) is -0.843. The van der Waals surface area contributed by atoms with Crippen LogP contribution in [0.15, 0.2) is 0 Å². The molecule has 0 spiro atoms. The number of carbonyl (C=O) groups excluding carboxylic acids is 1. The van der Waals surface area contributed by atoms with Gasteiger partial charge >= 0.3 is 0 Å². The van der Waals surface area contributed by atoms with Crippen LogP contribution in [0.3, 0.4) is 0 Å². The molecule has 0 bridgehead atoms. The van der Waals surface area contributed by atoms with Crippen LogP contribution in [0.25, 0.3) is 0 Å². The van der Waals surface area contributed by atoms with Crippen molar-refractivity contribution in [2.75, 3.05) is 26.9 Å². The first-order valence-corrected chi connectivity index (χ1v) is 10.4. The average Bonchev–Trinajstić information content (AvgIpc) is 2.37. The topological polar surface area (TPSA) is 32.8 Å². The lowest BCUT2D eigenvalue weighted by molar-refractivity contribution is -0.146. The van der Waals surface area contributed by atoms with E-state index >= 15 is 0 Å². The molecule has 0 heterocycles. The number of hydrogen-bond acceptors (Lipinski definition) is 5. The van der Waals surface area contributed by atoms with Gasteiger partial charge in [-0.2, -0.15) is 25.3 Å². The zero-order chi connectivity index (χ0) is 21.0. The van der Waals surface area contributed by atoms with Crippen molar-refractivity contribution in [2.24, 2.45) is 0 Å². The van der Waals surface area contributed by atoms with E-state index < -0.39 is 5.60 Å². The molecule has 1 amide bonds. The maximum atomic E-state index is 13.3. The van der Waals surface area contributed by atoms with Crippen molar-refractivity contribution in [2.45, 2.75) is 95.8 Å². The summed E-state index contributed by atoms with van der Waals surface area (Å²) < 4.78 is 5.55. The molecule has 0 aromatic carbocycles. The summed E-state index contributed by atoms with van der Waals surface area (Å²) >= 11 is 9.36. The Morgan fingerprint density at radius 3 is 1.85 bits per heavy atom. The molecule has 4 nitrogen and oxygen atoms in total. The van der Waals surface area contributed by atoms with Crippen molar-refractivity contribution < 1.29 is 9.53 Å². The van der Waals surface area contributed by atoms with Crippen LogP contribution in [0.1, 0.15) is 75.2 Å². The predicted octanol–water partition coefficient (Wildman–Crippen LogP) is 4.50. The minimum absolute atomic E-state index is 0.0962. The number of rotatable bonds is 11. The van der Waals surface area contributed by atoms with Crippen LogP contribution in [0.4, 0.5) is 0 Å². The third-order valence-corrected chi connectivity index (χ3v) is 4.53. The highest BCUT2D eigenvalue weighted by Crippen LogP contribution is 2.33. The summed E-state index contributed by atoms with van der Waals surface area (Å²) in [6.45, 7) is 20.5. The molecule has 0 aliphatic rings. The van der Waals surface area contributed by atoms with Gasteiger partial charge < -0.3 is 9.64 Å². The normalized spacial score (nSPS) is 14.0. The largest absolute Gasteiger partial charge is 0.360 e. The molecule has 0 rings (SSSR count). The molecular formula is C20H42N2O2S2. The number of nitrogens with zero attached hydrogens (tertiary/aromatic N) is 2. The fourth-order valence-electron chi connectivity index (χ4n) is 3.07. The molecule has 0 aliphatic heterocycles. The minimum Gasteiger partial charge on any atom is -0.360 e. The maximum absolute atomic E-state index is 13.3. The van der Waals surface area contributed by atoms with Gasteiger partial charge in [0.1, 0.15) is 0 Å². The lowest BCUT2D eigenvalue weighted by Crippen LogP contribution is -2.55. The van der Waals surface area contributed by atoms with E-state index in [0.29, 0.717) is 19.7 Å². The van der Waals surface area contributed by atoms with Crippen molar-refractivity contribution in [3.05, 3.63) is 0 Å². The second kappa shape index (κ2) is 9.53. The molecule has 156 valence electrons. The van der Waals surface area contributed by atoms with Crippen LogP contribution in [-0.4, -0.2) is 63.2 Å². The van der Waals surface area contributed by atoms with Gasteiger partial charge in [0.2, 0.25) is 5.91 Å². The molecule has 0 atom stereocenters. The smallest absolute Gasteiger partial charge is 0.225 e. The first-order valence-electron chi connectivity index (χ1n) is 9.46. The van der Waals surface area contributed by atoms with Crippen LogP contribution in [0.5, 0.6) is 0 Å². The van der Waals surface area contributed by atoms with Gasteiger partial charge in [-0.1, -0.05) is 20.8 Å². The van der Waals surface area contributed by atoms with E-state index in [1.54, 1.807) is 0 Å². The van der Waals surface area contributed by atoms with Crippen LogP contribution in [0.2, 0.25) is 0 Å². The van der Waals surface area contributed by atoms with Crippen molar-refractivity contribution in [3.63, 3.8) is 0 Å². The lowest BCUT2D eigenvalue weighted by atomic mass is 9.88. The number of thiol groups is 2. The minimum atomic E-state index is -0.522. The summed E-state index contributed by atoms with van der Waals surface area (Å²) in [6.07, 6.45) is 1.13. The Labute approximate surface area is 173 Å². The fourth-order valence-corrected chi connectivity index (χ4v) is 3.60. The lowest BCUT2D eigenvalue weighted by Gasteiger charge is -2.45. The van der Waals surface area contributed by atoms with Gasteiger partial charge in [-0.25, -0.2) is 0 Å². The van der Waals surface area contributed by atoms with Gasteiger partial charge in [-0.05, 0) is 61.6 Å². The number of amides is 1. The number of carbonyl (C=O) groups is 1. The monoisotopic (exact) mass is 406 g/mol. The van der Waals surface area contributed by atoms with Gasteiger partial charge in [0, 0.05) is 21.6 Å². The number of ether oxygens (including phenoxy) is 1. The van der Waals surface area contributed by atoms with Gasteiger partial charge in [-0.3, -0.25) is 9.69 Å². The molecule has 0 unspecified atom stereocenters. The highest BCUT2D eigenvalue weighted by atomic mass is 32.1. The zero-order valence-electron chi connectivity index (χ0n) is 18.6. The van der Waals surface area contributed by atoms with E-state index in [0.717, 1.165) is 13.0 Å². The first-order chi connectivity index (χ1) is 11.4. The third-order valence-electron chi connectivity index (χ3n) is 4.23. The van der Waals surface area contributed by atoms with E-state index in [1.165, 1.54) is 0 Å². The summed E-state index contributed by atoms with van der Waals surface area (Å²) in [5.74, 6) is 0.0962. The third kappa shape index (κ3) is 11.1. The van der Waals surface area contributed by atoms with Crippen LogP contribution < -0.4 is 0 Å². The van der Waals surface area contributed by atoms with Crippen LogP contribution in [0, 0.1) is 0 Å². The standard InChI is InChI=1S/C20H42N2O2S2/c1-11-21(10)15-24-18(4,5)12-16(23)22(14-20(8,9)26)17(2,3)13-19(6,7)25/h25-26H,11-15H2,1-10H3. The highest BCUT2D eigenvalue weighted by Gasteiger charge is 2.39. The second-order valence-corrected chi connectivity index (χ2v) is 12.4. The molecule has 0 aliphatic carbocycles. The second-order valence-electron chi connectivity index (χ2n) is 9.98. The van der Waals surface area contributed by atoms with Gasteiger partial charge in [-0.15, -0.1) is 0 Å². The Kier molecular flexibility index (Phi) is 9.56. The van der Waals surface area contributed by atoms with E-state index in [2.05, 4.69) is 64.8 Å². The first kappa shape index (κ1) is 26.1. The maximum Gasteiger partial charge on any atom is 0.225 e. The van der Waals surface area contributed by atoms with Crippen molar-refractivity contribution in [3.8, 4) is 0 Å². The molecule has 0 saturated heterocycles. The summed E-state index contributed by atoms with van der Waals surface area (Å²) in [5, 5.41) is 0. The van der Waals surface area contributed by atoms with Crippen molar-refractivity contribution in [1.82, 2.24) is 9.80 Å². The van der Waals surface area contributed by atoms with Crippen molar-refractivity contribution >= 4 is 31.2 Å². The fraction of sp³-hybridized carbons (Fsp3) is 0.950. The Hall–Kier alpha value is 0.0900. The summed E-state index contributed by atoms with van der Waals surface area (Å²) in [4.78, 5) is 17.3. The van der Waals surface area contributed by atoms with Crippen LogP contribution >= 0.6 is 25.3 Å². The summed E-state index contributed by atoms with van der Waals surface area (Å²) in [6, 6.07) is 0. The molecule has 0 saturated carbocycles. The molecule has 0 aromatic rings. The summed E-state index contributed by atoms with van der Waals surface area (Å²) in [7, 11) is 2.01. The Morgan fingerprint density at radius 1 is 0.962 bits per heavy atom. The van der Waals surface area contributed by atoms with Gasteiger partial charge in [0.15, 0.2) is 0 Å². The zero-order valence-corrected chi connectivity index (χ0v) is 20.4. The average molecular weight is 407 g/mol. The molecular weight excluding hydrogens is 364 g/mol. The number of hydrogen-bond donors (Lipinski definition) is 2. The molecule has 0 fully saturated rings. The Bertz CT molecular complexity index is 452. The van der Waals surface area contributed by atoms with E-state index in [1.807, 2.05) is 39.6 Å². The molecule has 26 heavy (non-hydrogen) atoms. The molecule has 0 aromatic heterocycles. The molecule has 0 radical (unpaired) electrons. The highest BCUT2D eigenvalue weighted by molar-refractivity contribution is 7.82. The van der Waals surface area contributed by atoms with Gasteiger partial charge in [0.25, 0.3) is 0 Å². The molecule has 6 heteroatoms. The quantitative estimate of drug-likeness (QED) is 0.392. The Balaban J connectivity index is 5.34. The Morgan fingerprint density at radius 2 is 1.46 bits per heavy atom.